The highest BCUT2D eigenvalue weighted by molar-refractivity contribution is 8.00. The quantitative estimate of drug-likeness (QED) is 0.455. The molecule has 1 heterocycles. The van der Waals surface area contributed by atoms with Gasteiger partial charge in [0.1, 0.15) is 11.1 Å². The minimum Gasteiger partial charge on any atom is -0.452 e. The first-order chi connectivity index (χ1) is 15.5. The van der Waals surface area contributed by atoms with Gasteiger partial charge in [-0.05, 0) is 36.4 Å². The molecule has 1 N–H and O–H groups in total. The van der Waals surface area contributed by atoms with E-state index in [9.17, 15) is 14.4 Å². The Bertz CT molecular complexity index is 1010. The van der Waals surface area contributed by atoms with Crippen LogP contribution in [0.15, 0.2) is 40.6 Å². The van der Waals surface area contributed by atoms with Gasteiger partial charge in [-0.3, -0.25) is 9.59 Å². The number of ether oxygens (including phenoxy) is 1. The maximum absolute atomic E-state index is 12.6. The summed E-state index contributed by atoms with van der Waals surface area (Å²) in [6.07, 6.45) is 5.62. The highest BCUT2D eigenvalue weighted by atomic mass is 32.2. The smallest absolute Gasteiger partial charge is 0.339 e. The number of thiophene rings is 1. The number of nitrogens with zero attached hydrogens (tertiary/aromatic N) is 2. The lowest BCUT2D eigenvalue weighted by molar-refractivity contribution is -0.129. The van der Waals surface area contributed by atoms with E-state index in [4.69, 9.17) is 10.00 Å². The molecule has 2 aromatic rings. The van der Waals surface area contributed by atoms with Crippen LogP contribution in [-0.2, 0) is 14.3 Å². The van der Waals surface area contributed by atoms with Crippen LogP contribution in [-0.4, -0.2) is 48.1 Å². The lowest BCUT2D eigenvalue weighted by Crippen LogP contribution is -2.39. The van der Waals surface area contributed by atoms with Gasteiger partial charge in [0.15, 0.2) is 6.61 Å². The monoisotopic (exact) mass is 471 g/mol. The lowest BCUT2D eigenvalue weighted by atomic mass is 9.94. The Hall–Kier alpha value is -2.83. The van der Waals surface area contributed by atoms with Gasteiger partial charge in [0, 0.05) is 18.0 Å². The number of nitrogens with one attached hydrogen (secondary N) is 1. The van der Waals surface area contributed by atoms with Gasteiger partial charge in [0.2, 0.25) is 5.91 Å². The van der Waals surface area contributed by atoms with Crippen LogP contribution in [0.25, 0.3) is 0 Å². The van der Waals surface area contributed by atoms with Gasteiger partial charge in [-0.15, -0.1) is 23.1 Å². The third kappa shape index (κ3) is 6.34. The van der Waals surface area contributed by atoms with E-state index in [2.05, 4.69) is 5.32 Å². The number of thioether (sulfide) groups is 1. The summed E-state index contributed by atoms with van der Waals surface area (Å²) in [6, 6.07) is 10.8. The Morgan fingerprint density at radius 1 is 1.22 bits per heavy atom. The molecule has 0 atom stereocenters. The van der Waals surface area contributed by atoms with Crippen LogP contribution in [0, 0.1) is 11.3 Å². The van der Waals surface area contributed by atoms with Crippen molar-refractivity contribution in [1.29, 1.82) is 5.26 Å². The summed E-state index contributed by atoms with van der Waals surface area (Å²) in [5.74, 6) is -0.893. The third-order valence-corrected chi connectivity index (χ3v) is 7.24. The summed E-state index contributed by atoms with van der Waals surface area (Å²) in [4.78, 5) is 39.7. The lowest BCUT2D eigenvalue weighted by Gasteiger charge is -2.31. The number of carbonyl (C=O) groups is 3. The molecule has 0 unspecified atom stereocenters. The second-order valence-corrected chi connectivity index (χ2v) is 9.41. The summed E-state index contributed by atoms with van der Waals surface area (Å²) in [6.45, 7) is -0.468. The van der Waals surface area contributed by atoms with Crippen LogP contribution in [0.1, 0.15) is 48.0 Å². The molecule has 0 bridgehead atoms. The van der Waals surface area contributed by atoms with Crippen molar-refractivity contribution in [1.82, 2.24) is 4.90 Å². The average molecular weight is 472 g/mol. The molecule has 168 valence electrons. The molecule has 7 nitrogen and oxygen atoms in total. The molecule has 1 aliphatic carbocycles. The van der Waals surface area contributed by atoms with Crippen LogP contribution in [0.3, 0.4) is 0 Å². The van der Waals surface area contributed by atoms with Crippen molar-refractivity contribution in [2.24, 2.45) is 0 Å². The number of benzene rings is 1. The molecular formula is C23H25N3O4S2. The molecule has 32 heavy (non-hydrogen) atoms. The minimum absolute atomic E-state index is 0.0358. The number of esters is 1. The van der Waals surface area contributed by atoms with Crippen LogP contribution in [0.2, 0.25) is 0 Å². The number of hydrogen-bond donors (Lipinski definition) is 1. The number of hydrogen-bond acceptors (Lipinski definition) is 7. The molecule has 1 fully saturated rings. The summed E-state index contributed by atoms with van der Waals surface area (Å²) in [7, 11) is 1.85. The van der Waals surface area contributed by atoms with Gasteiger partial charge in [0.05, 0.1) is 16.9 Å². The number of nitriles is 1. The Kier molecular flexibility index (Phi) is 8.71. The summed E-state index contributed by atoms with van der Waals surface area (Å²) < 4.78 is 5.16. The zero-order valence-corrected chi connectivity index (χ0v) is 19.5. The van der Waals surface area contributed by atoms with Crippen LogP contribution in [0.5, 0.6) is 0 Å². The highest BCUT2D eigenvalue weighted by Crippen LogP contribution is 2.26. The van der Waals surface area contributed by atoms with E-state index < -0.39 is 18.5 Å². The first-order valence-electron chi connectivity index (χ1n) is 10.4. The number of anilines is 1. The number of amides is 2. The van der Waals surface area contributed by atoms with Crippen molar-refractivity contribution in [3.63, 3.8) is 0 Å². The zero-order chi connectivity index (χ0) is 22.9. The molecule has 1 aromatic heterocycles. The molecule has 0 radical (unpaired) electrons. The number of rotatable bonds is 8. The fourth-order valence-electron chi connectivity index (χ4n) is 3.54. The number of carbonyl (C=O) groups excluding carboxylic acids is 3. The topological polar surface area (TPSA) is 99.5 Å². The fraction of sp³-hybridized carbons (Fsp3) is 0.391. The average Bonchev–Trinajstić information content (AvgIpc) is 3.28. The van der Waals surface area contributed by atoms with E-state index in [0.29, 0.717) is 27.1 Å². The van der Waals surface area contributed by atoms with Crippen molar-refractivity contribution in [3.8, 4) is 6.07 Å². The standard InChI is InChI=1S/C23H25N3O4S2/c1-26(17-7-3-2-4-8-17)21(28)15-32-19-10-6-5-9-18(19)23(29)30-14-20(27)25-22-16(13-24)11-12-31-22/h5-6,9-12,17H,2-4,7-8,14-15H2,1H3,(H,25,27). The molecule has 0 aliphatic heterocycles. The predicted molar refractivity (Wildman–Crippen MR) is 125 cm³/mol. The predicted octanol–water partition coefficient (Wildman–Crippen LogP) is 4.30. The van der Waals surface area contributed by atoms with Gasteiger partial charge in [-0.2, -0.15) is 5.26 Å². The first-order valence-corrected chi connectivity index (χ1v) is 12.3. The van der Waals surface area contributed by atoms with Crippen molar-refractivity contribution < 1.29 is 19.1 Å². The Balaban J connectivity index is 1.53. The molecule has 3 rings (SSSR count). The van der Waals surface area contributed by atoms with Crippen LogP contribution < -0.4 is 5.32 Å². The molecule has 1 saturated carbocycles. The van der Waals surface area contributed by atoms with E-state index in [0.717, 1.165) is 25.7 Å². The fourth-order valence-corrected chi connectivity index (χ4v) is 5.26. The van der Waals surface area contributed by atoms with E-state index in [1.165, 1.54) is 29.5 Å². The van der Waals surface area contributed by atoms with Gasteiger partial charge < -0.3 is 15.0 Å². The first kappa shape index (κ1) is 23.8. The van der Waals surface area contributed by atoms with Crippen LogP contribution in [0.4, 0.5) is 5.00 Å². The Morgan fingerprint density at radius 2 is 1.97 bits per heavy atom. The second kappa shape index (κ2) is 11.7. The molecular weight excluding hydrogens is 446 g/mol. The molecule has 9 heteroatoms. The van der Waals surface area contributed by atoms with Crippen molar-refractivity contribution in [3.05, 3.63) is 46.8 Å². The molecule has 2 amide bonds. The summed E-state index contributed by atoms with van der Waals surface area (Å²) in [5.41, 5.74) is 0.673. The van der Waals surface area contributed by atoms with Crippen molar-refractivity contribution >= 4 is 45.9 Å². The van der Waals surface area contributed by atoms with Gasteiger partial charge in [-0.1, -0.05) is 31.4 Å². The maximum Gasteiger partial charge on any atom is 0.339 e. The Labute approximate surface area is 195 Å². The van der Waals surface area contributed by atoms with E-state index in [-0.39, 0.29) is 11.7 Å². The molecule has 0 saturated heterocycles. The van der Waals surface area contributed by atoms with Crippen LogP contribution >= 0.6 is 23.1 Å². The van der Waals surface area contributed by atoms with Gasteiger partial charge in [-0.25, -0.2) is 4.79 Å². The van der Waals surface area contributed by atoms with Crippen molar-refractivity contribution in [2.75, 3.05) is 24.7 Å². The summed E-state index contributed by atoms with van der Waals surface area (Å²) in [5, 5.41) is 13.7. The van der Waals surface area contributed by atoms with Gasteiger partial charge >= 0.3 is 5.97 Å². The molecule has 0 spiro atoms. The zero-order valence-electron chi connectivity index (χ0n) is 17.8. The van der Waals surface area contributed by atoms with E-state index >= 15 is 0 Å². The van der Waals surface area contributed by atoms with E-state index in [1.54, 1.807) is 35.7 Å². The van der Waals surface area contributed by atoms with E-state index in [1.807, 2.05) is 18.0 Å². The maximum atomic E-state index is 12.6. The normalized spacial score (nSPS) is 13.8. The van der Waals surface area contributed by atoms with Crippen molar-refractivity contribution in [2.45, 2.75) is 43.0 Å². The second-order valence-electron chi connectivity index (χ2n) is 7.48. The van der Waals surface area contributed by atoms with Gasteiger partial charge in [0.25, 0.3) is 5.91 Å². The largest absolute Gasteiger partial charge is 0.452 e. The minimum atomic E-state index is -0.636. The SMILES string of the molecule is CN(C(=O)CSc1ccccc1C(=O)OCC(=O)Nc1sccc1C#N)C1CCCCC1. The third-order valence-electron chi connectivity index (χ3n) is 5.35. The molecule has 1 aliphatic rings. The Morgan fingerprint density at radius 3 is 2.72 bits per heavy atom. The highest BCUT2D eigenvalue weighted by Gasteiger charge is 2.23. The molecule has 1 aromatic carbocycles. The summed E-state index contributed by atoms with van der Waals surface area (Å²) >= 11 is 2.51.